The molecule has 2 nitrogen and oxygen atoms in total. The first-order valence-electron chi connectivity index (χ1n) is 6.93. The minimum Gasteiger partial charge on any atom is -0.428 e. The minimum atomic E-state index is -2.23. The van der Waals surface area contributed by atoms with E-state index in [9.17, 15) is 4.80 Å². The molecule has 0 bridgehead atoms. The van der Waals surface area contributed by atoms with Gasteiger partial charge in [0.15, 0.2) is 0 Å². The summed E-state index contributed by atoms with van der Waals surface area (Å²) < 4.78 is 0. The molecule has 0 saturated heterocycles. The van der Waals surface area contributed by atoms with E-state index in [1.807, 2.05) is 13.1 Å². The lowest BCUT2D eigenvalue weighted by atomic mass is 10.0. The van der Waals surface area contributed by atoms with Crippen LogP contribution < -0.4 is 21.4 Å². The molecule has 0 fully saturated rings. The SMILES string of the molecule is C[Si](C)(O)c1ccc2c(c1)=CC=C(CCN)CCC=2. The van der Waals surface area contributed by atoms with Crippen LogP contribution in [0.15, 0.2) is 29.8 Å². The Morgan fingerprint density at radius 2 is 2.00 bits per heavy atom. The monoisotopic (exact) mass is 273 g/mol. The van der Waals surface area contributed by atoms with Crippen LogP contribution in [0.4, 0.5) is 0 Å². The highest BCUT2D eigenvalue weighted by Crippen LogP contribution is 2.10. The average molecular weight is 273 g/mol. The minimum absolute atomic E-state index is 0.711. The van der Waals surface area contributed by atoms with E-state index in [-0.39, 0.29) is 0 Å². The summed E-state index contributed by atoms with van der Waals surface area (Å²) >= 11 is 0. The Morgan fingerprint density at radius 1 is 1.21 bits per heavy atom. The Labute approximate surface area is 116 Å². The van der Waals surface area contributed by atoms with Gasteiger partial charge in [0, 0.05) is 0 Å². The van der Waals surface area contributed by atoms with E-state index >= 15 is 0 Å². The zero-order chi connectivity index (χ0) is 13.9. The molecule has 3 heteroatoms. The van der Waals surface area contributed by atoms with Crippen LogP contribution in [0.2, 0.25) is 13.1 Å². The second-order valence-electron chi connectivity index (χ2n) is 5.68. The van der Waals surface area contributed by atoms with Crippen molar-refractivity contribution < 1.29 is 4.80 Å². The van der Waals surface area contributed by atoms with Gasteiger partial charge in [0.1, 0.15) is 0 Å². The zero-order valence-corrected chi connectivity index (χ0v) is 12.8. The highest BCUT2D eigenvalue weighted by atomic mass is 28.4. The maximum absolute atomic E-state index is 10.2. The molecule has 0 aliphatic heterocycles. The van der Waals surface area contributed by atoms with Gasteiger partial charge in [-0.3, -0.25) is 0 Å². The molecule has 3 N–H and O–H groups in total. The fraction of sp³-hybridized carbons (Fsp3) is 0.375. The number of nitrogens with two attached hydrogens (primary N) is 1. The Morgan fingerprint density at radius 3 is 2.68 bits per heavy atom. The average Bonchev–Trinajstić information content (AvgIpc) is 2.32. The highest BCUT2D eigenvalue weighted by molar-refractivity contribution is 6.83. The first-order chi connectivity index (χ1) is 9.00. The van der Waals surface area contributed by atoms with E-state index in [2.05, 4.69) is 36.4 Å². The van der Waals surface area contributed by atoms with Crippen molar-refractivity contribution in [1.29, 1.82) is 0 Å². The maximum atomic E-state index is 10.2. The van der Waals surface area contributed by atoms with Crippen molar-refractivity contribution in [2.75, 3.05) is 6.54 Å². The van der Waals surface area contributed by atoms with Gasteiger partial charge in [-0.2, -0.15) is 0 Å². The van der Waals surface area contributed by atoms with Crippen molar-refractivity contribution in [2.24, 2.45) is 5.73 Å². The molecule has 0 aromatic heterocycles. The van der Waals surface area contributed by atoms with Gasteiger partial charge in [-0.25, -0.2) is 0 Å². The van der Waals surface area contributed by atoms with Crippen molar-refractivity contribution >= 4 is 25.7 Å². The van der Waals surface area contributed by atoms with Crippen molar-refractivity contribution in [3.05, 3.63) is 40.3 Å². The summed E-state index contributed by atoms with van der Waals surface area (Å²) in [5.41, 5.74) is 7.05. The largest absolute Gasteiger partial charge is 0.428 e. The van der Waals surface area contributed by atoms with Crippen LogP contribution in [0.3, 0.4) is 0 Å². The quantitative estimate of drug-likeness (QED) is 0.797. The molecule has 1 aliphatic carbocycles. The molecule has 0 spiro atoms. The molecule has 102 valence electrons. The number of benzene rings is 1. The van der Waals surface area contributed by atoms with E-state index in [4.69, 9.17) is 5.73 Å². The first-order valence-corrected chi connectivity index (χ1v) is 9.88. The summed E-state index contributed by atoms with van der Waals surface area (Å²) in [6.45, 7) is 4.62. The van der Waals surface area contributed by atoms with Gasteiger partial charge in [-0.05, 0) is 54.5 Å². The molecule has 1 aromatic carbocycles. The Bertz CT molecular complexity index is 596. The highest BCUT2D eigenvalue weighted by Gasteiger charge is 2.19. The standard InChI is InChI=1S/C16H23NOSi/c1-19(2,18)16-9-8-14-5-3-4-13(10-11-17)6-7-15(14)12-16/h5-9,12,18H,3-4,10-11,17H2,1-2H3. The molecule has 0 radical (unpaired) electrons. The summed E-state index contributed by atoms with van der Waals surface area (Å²) in [6, 6.07) is 6.34. The Kier molecular flexibility index (Phi) is 4.40. The molecular formula is C16H23NOSi. The molecule has 19 heavy (non-hydrogen) atoms. The molecule has 0 atom stereocenters. The summed E-state index contributed by atoms with van der Waals surface area (Å²) in [4.78, 5) is 10.2. The van der Waals surface area contributed by atoms with Crippen molar-refractivity contribution in [3.8, 4) is 0 Å². The predicted octanol–water partition coefficient (Wildman–Crippen LogP) is 0.721. The Balaban J connectivity index is 2.50. The number of hydrogen-bond acceptors (Lipinski definition) is 2. The third-order valence-electron chi connectivity index (χ3n) is 3.59. The number of allylic oxidation sites excluding steroid dienone is 1. The smallest absolute Gasteiger partial charge is 0.213 e. The van der Waals surface area contributed by atoms with Crippen LogP contribution in [-0.2, 0) is 0 Å². The maximum Gasteiger partial charge on any atom is 0.213 e. The van der Waals surface area contributed by atoms with Crippen LogP contribution >= 0.6 is 0 Å². The topological polar surface area (TPSA) is 46.2 Å². The van der Waals surface area contributed by atoms with Gasteiger partial charge >= 0.3 is 0 Å². The predicted molar refractivity (Wildman–Crippen MR) is 84.9 cm³/mol. The van der Waals surface area contributed by atoms with E-state index < -0.39 is 8.32 Å². The normalized spacial score (nSPS) is 15.5. The Hall–Kier alpha value is -1.16. The van der Waals surface area contributed by atoms with Gasteiger partial charge in [0.2, 0.25) is 8.32 Å². The van der Waals surface area contributed by atoms with Crippen LogP contribution in [0.5, 0.6) is 0 Å². The van der Waals surface area contributed by atoms with E-state index in [0.29, 0.717) is 6.54 Å². The van der Waals surface area contributed by atoms with Crippen molar-refractivity contribution in [1.82, 2.24) is 0 Å². The molecule has 0 saturated carbocycles. The first kappa shape index (κ1) is 14.3. The summed E-state index contributed by atoms with van der Waals surface area (Å²) in [5.74, 6) is 0. The molecule has 1 aliphatic rings. The van der Waals surface area contributed by atoms with Gasteiger partial charge in [0.25, 0.3) is 0 Å². The van der Waals surface area contributed by atoms with E-state index in [0.717, 1.165) is 24.4 Å². The zero-order valence-electron chi connectivity index (χ0n) is 11.8. The molecule has 2 rings (SSSR count). The van der Waals surface area contributed by atoms with Gasteiger partial charge in [-0.1, -0.05) is 42.0 Å². The number of hydrogen-bond donors (Lipinski definition) is 2. The lowest BCUT2D eigenvalue weighted by Gasteiger charge is -2.14. The third-order valence-corrected chi connectivity index (χ3v) is 5.31. The third kappa shape index (κ3) is 3.66. The summed E-state index contributed by atoms with van der Waals surface area (Å²) in [6.07, 6.45) is 9.78. The lowest BCUT2D eigenvalue weighted by molar-refractivity contribution is 0.568. The second-order valence-corrected chi connectivity index (χ2v) is 9.37. The number of fused-ring (bicyclic) bond motifs is 1. The van der Waals surface area contributed by atoms with Gasteiger partial charge in [-0.15, -0.1) is 0 Å². The fourth-order valence-corrected chi connectivity index (χ4v) is 3.38. The fourth-order valence-electron chi connectivity index (χ4n) is 2.38. The number of rotatable bonds is 3. The van der Waals surface area contributed by atoms with Crippen LogP contribution in [0, 0.1) is 0 Å². The summed E-state index contributed by atoms with van der Waals surface area (Å²) in [5, 5.41) is 3.57. The van der Waals surface area contributed by atoms with Crippen LogP contribution in [0.1, 0.15) is 19.3 Å². The van der Waals surface area contributed by atoms with Gasteiger partial charge < -0.3 is 10.5 Å². The molecule has 0 unspecified atom stereocenters. The van der Waals surface area contributed by atoms with Crippen LogP contribution in [-0.4, -0.2) is 19.7 Å². The van der Waals surface area contributed by atoms with Gasteiger partial charge in [0.05, 0.1) is 0 Å². The molecule has 1 aromatic rings. The lowest BCUT2D eigenvalue weighted by Crippen LogP contribution is -2.45. The van der Waals surface area contributed by atoms with Crippen molar-refractivity contribution in [3.63, 3.8) is 0 Å². The molecule has 0 amide bonds. The molecular weight excluding hydrogens is 250 g/mol. The second kappa shape index (κ2) is 5.86. The van der Waals surface area contributed by atoms with E-state index in [1.165, 1.54) is 16.0 Å². The van der Waals surface area contributed by atoms with E-state index in [1.54, 1.807) is 0 Å². The summed E-state index contributed by atoms with van der Waals surface area (Å²) in [7, 11) is -2.23. The van der Waals surface area contributed by atoms with Crippen LogP contribution in [0.25, 0.3) is 12.2 Å². The molecule has 0 heterocycles. The van der Waals surface area contributed by atoms with Crippen molar-refractivity contribution in [2.45, 2.75) is 32.4 Å².